The van der Waals surface area contributed by atoms with Crippen LogP contribution in [-0.4, -0.2) is 12.1 Å². The predicted molar refractivity (Wildman–Crippen MR) is 82.8 cm³/mol. The minimum atomic E-state index is 0.263. The summed E-state index contributed by atoms with van der Waals surface area (Å²) < 4.78 is 6.20. The topological polar surface area (TPSA) is 34.1 Å². The molecule has 5 heteroatoms. The molecular weight excluding hydrogens is 324 g/mol. The maximum atomic E-state index is 5.22. The van der Waals surface area contributed by atoms with E-state index in [1.807, 2.05) is 13.0 Å². The van der Waals surface area contributed by atoms with Crippen LogP contribution in [0.5, 0.6) is 5.75 Å². The van der Waals surface area contributed by atoms with Crippen molar-refractivity contribution in [2.75, 3.05) is 7.11 Å². The Bertz CT molecular complexity index is 556. The normalized spacial score (nSPS) is 12.4. The molecule has 0 bridgehead atoms. The second-order valence-corrected chi connectivity index (χ2v) is 6.14. The molecule has 1 aromatic heterocycles. The highest BCUT2D eigenvalue weighted by Gasteiger charge is 2.09. The molecule has 1 N–H and O–H groups in total. The molecule has 19 heavy (non-hydrogen) atoms. The van der Waals surface area contributed by atoms with Gasteiger partial charge in [0.2, 0.25) is 0 Å². The average molecular weight is 341 g/mol. The van der Waals surface area contributed by atoms with Crippen molar-refractivity contribution in [1.29, 1.82) is 0 Å². The molecule has 0 spiro atoms. The number of nitrogens with one attached hydrogen (secondary N) is 1. The lowest BCUT2D eigenvalue weighted by molar-refractivity contribution is 0.412. The Balaban J connectivity index is 1.97. The Labute approximate surface area is 126 Å². The van der Waals surface area contributed by atoms with E-state index in [1.165, 1.54) is 5.56 Å². The lowest BCUT2D eigenvalue weighted by Gasteiger charge is -2.12. The largest absolute Gasteiger partial charge is 0.496 e. The fraction of sp³-hybridized carbons (Fsp3) is 0.357. The first-order valence-electron chi connectivity index (χ1n) is 6.08. The van der Waals surface area contributed by atoms with E-state index < -0.39 is 0 Å². The Hall–Kier alpha value is -0.910. The fourth-order valence-corrected chi connectivity index (χ4v) is 3.17. The van der Waals surface area contributed by atoms with Gasteiger partial charge in [-0.05, 0) is 47.5 Å². The number of thiazole rings is 1. The van der Waals surface area contributed by atoms with Crippen LogP contribution in [0.3, 0.4) is 0 Å². The molecule has 0 saturated carbocycles. The third-order valence-corrected chi connectivity index (χ3v) is 4.60. The van der Waals surface area contributed by atoms with E-state index in [0.717, 1.165) is 27.5 Å². The highest BCUT2D eigenvalue weighted by atomic mass is 79.9. The van der Waals surface area contributed by atoms with Gasteiger partial charge in [-0.1, -0.05) is 6.07 Å². The Kier molecular flexibility index (Phi) is 4.96. The van der Waals surface area contributed by atoms with E-state index in [1.54, 1.807) is 18.4 Å². The van der Waals surface area contributed by atoms with E-state index in [2.05, 4.69) is 50.7 Å². The summed E-state index contributed by atoms with van der Waals surface area (Å²) in [5.41, 5.74) is 2.30. The van der Waals surface area contributed by atoms with Crippen molar-refractivity contribution >= 4 is 27.3 Å². The molecule has 0 radical (unpaired) electrons. The molecule has 0 amide bonds. The quantitative estimate of drug-likeness (QED) is 0.890. The van der Waals surface area contributed by atoms with E-state index in [-0.39, 0.29) is 6.04 Å². The number of ether oxygens (including phenoxy) is 1. The van der Waals surface area contributed by atoms with Gasteiger partial charge in [0.25, 0.3) is 0 Å². The highest BCUT2D eigenvalue weighted by Crippen LogP contribution is 2.26. The number of aromatic nitrogens is 1. The SMILES string of the molecule is COc1ccc(CNC(C)c2nc(C)cs2)cc1Br. The van der Waals surface area contributed by atoms with Crippen molar-refractivity contribution in [1.82, 2.24) is 10.3 Å². The van der Waals surface area contributed by atoms with Crippen LogP contribution in [-0.2, 0) is 6.54 Å². The van der Waals surface area contributed by atoms with Crippen molar-refractivity contribution in [3.63, 3.8) is 0 Å². The molecule has 0 fully saturated rings. The Morgan fingerprint density at radius 3 is 2.84 bits per heavy atom. The molecule has 1 atom stereocenters. The van der Waals surface area contributed by atoms with Crippen LogP contribution >= 0.6 is 27.3 Å². The summed E-state index contributed by atoms with van der Waals surface area (Å²) in [6.45, 7) is 4.96. The number of hydrogen-bond acceptors (Lipinski definition) is 4. The summed E-state index contributed by atoms with van der Waals surface area (Å²) in [5.74, 6) is 0.854. The maximum absolute atomic E-state index is 5.22. The number of benzene rings is 1. The smallest absolute Gasteiger partial charge is 0.133 e. The van der Waals surface area contributed by atoms with Gasteiger partial charge in [-0.3, -0.25) is 0 Å². The van der Waals surface area contributed by atoms with Crippen LogP contribution in [0.1, 0.15) is 29.2 Å². The van der Waals surface area contributed by atoms with Crippen LogP contribution < -0.4 is 10.1 Å². The zero-order valence-corrected chi connectivity index (χ0v) is 13.6. The Morgan fingerprint density at radius 1 is 1.47 bits per heavy atom. The molecule has 0 saturated heterocycles. The van der Waals surface area contributed by atoms with Gasteiger partial charge in [0, 0.05) is 17.6 Å². The van der Waals surface area contributed by atoms with Crippen LogP contribution in [0.4, 0.5) is 0 Å². The van der Waals surface area contributed by atoms with Crippen LogP contribution in [0, 0.1) is 6.92 Å². The van der Waals surface area contributed by atoms with Crippen LogP contribution in [0.25, 0.3) is 0 Å². The first-order chi connectivity index (χ1) is 9.10. The number of methoxy groups -OCH3 is 1. The van der Waals surface area contributed by atoms with Crippen LogP contribution in [0.2, 0.25) is 0 Å². The van der Waals surface area contributed by atoms with Crippen molar-refractivity contribution in [3.05, 3.63) is 44.3 Å². The van der Waals surface area contributed by atoms with Gasteiger partial charge in [0.15, 0.2) is 0 Å². The van der Waals surface area contributed by atoms with Gasteiger partial charge >= 0.3 is 0 Å². The molecule has 1 unspecified atom stereocenters. The number of aryl methyl sites for hydroxylation is 1. The molecule has 1 aromatic carbocycles. The first kappa shape index (κ1) is 14.5. The molecule has 1 heterocycles. The second-order valence-electron chi connectivity index (χ2n) is 4.40. The lowest BCUT2D eigenvalue weighted by Crippen LogP contribution is -2.17. The molecule has 102 valence electrons. The number of hydrogen-bond donors (Lipinski definition) is 1. The molecule has 2 aromatic rings. The van der Waals surface area contributed by atoms with E-state index in [4.69, 9.17) is 4.74 Å². The summed E-state index contributed by atoms with van der Waals surface area (Å²) >= 11 is 5.20. The molecule has 3 nitrogen and oxygen atoms in total. The molecule has 0 aliphatic carbocycles. The predicted octanol–water partition coefficient (Wildman–Crippen LogP) is 4.07. The van der Waals surface area contributed by atoms with Gasteiger partial charge in [-0.2, -0.15) is 0 Å². The second kappa shape index (κ2) is 6.50. The maximum Gasteiger partial charge on any atom is 0.133 e. The van der Waals surface area contributed by atoms with Gasteiger partial charge in [0.1, 0.15) is 10.8 Å². The van der Waals surface area contributed by atoms with Crippen molar-refractivity contribution in [2.24, 2.45) is 0 Å². The zero-order chi connectivity index (χ0) is 13.8. The van der Waals surface area contributed by atoms with Crippen LogP contribution in [0.15, 0.2) is 28.1 Å². The summed E-state index contributed by atoms with van der Waals surface area (Å²) in [7, 11) is 1.67. The average Bonchev–Trinajstić information content (AvgIpc) is 2.83. The summed E-state index contributed by atoms with van der Waals surface area (Å²) in [4.78, 5) is 4.49. The van der Waals surface area contributed by atoms with Crippen molar-refractivity contribution in [2.45, 2.75) is 26.4 Å². The summed E-state index contributed by atoms with van der Waals surface area (Å²) in [5, 5.41) is 6.69. The fourth-order valence-electron chi connectivity index (χ4n) is 1.75. The van der Waals surface area contributed by atoms with E-state index in [9.17, 15) is 0 Å². The van der Waals surface area contributed by atoms with E-state index >= 15 is 0 Å². The molecule has 0 aliphatic rings. The van der Waals surface area contributed by atoms with Gasteiger partial charge in [-0.15, -0.1) is 11.3 Å². The molecule has 0 aliphatic heterocycles. The molecule has 2 rings (SSSR count). The highest BCUT2D eigenvalue weighted by molar-refractivity contribution is 9.10. The Morgan fingerprint density at radius 2 is 2.26 bits per heavy atom. The summed E-state index contributed by atoms with van der Waals surface area (Å²) in [6, 6.07) is 6.38. The third kappa shape index (κ3) is 3.78. The number of nitrogens with zero attached hydrogens (tertiary/aromatic N) is 1. The van der Waals surface area contributed by atoms with Gasteiger partial charge in [0.05, 0.1) is 17.6 Å². The minimum Gasteiger partial charge on any atom is -0.496 e. The number of rotatable bonds is 5. The van der Waals surface area contributed by atoms with Gasteiger partial charge < -0.3 is 10.1 Å². The van der Waals surface area contributed by atoms with Gasteiger partial charge in [-0.25, -0.2) is 4.98 Å². The zero-order valence-electron chi connectivity index (χ0n) is 11.2. The van der Waals surface area contributed by atoms with Crippen molar-refractivity contribution < 1.29 is 4.74 Å². The monoisotopic (exact) mass is 340 g/mol. The minimum absolute atomic E-state index is 0.263. The lowest BCUT2D eigenvalue weighted by atomic mass is 10.2. The molecular formula is C14H17BrN2OS. The first-order valence-corrected chi connectivity index (χ1v) is 7.75. The standard InChI is InChI=1S/C14H17BrN2OS/c1-9-8-19-14(17-9)10(2)16-7-11-4-5-13(18-3)12(15)6-11/h4-6,8,10,16H,7H2,1-3H3. The third-order valence-electron chi connectivity index (χ3n) is 2.84. The van der Waals surface area contributed by atoms with Crippen molar-refractivity contribution in [3.8, 4) is 5.75 Å². The number of halogens is 1. The summed E-state index contributed by atoms with van der Waals surface area (Å²) in [6.07, 6.45) is 0. The van der Waals surface area contributed by atoms with E-state index in [0.29, 0.717) is 0 Å².